The van der Waals surface area contributed by atoms with Crippen molar-refractivity contribution in [1.82, 2.24) is 15.2 Å². The molecular weight excluding hydrogens is 156 g/mol. The first-order valence-corrected chi connectivity index (χ1v) is 3.39. The van der Waals surface area contributed by atoms with Crippen LogP contribution in [0.3, 0.4) is 0 Å². The number of nitrogens with zero attached hydrogens (tertiary/aromatic N) is 2. The normalized spacial score (nSPS) is 10.0. The fraction of sp³-hybridized carbons (Fsp3) is 0. The number of hydrogen-bond donors (Lipinski definition) is 2. The van der Waals surface area contributed by atoms with Gasteiger partial charge in [0.05, 0.1) is 23.6 Å². The number of pyridine rings is 1. The second kappa shape index (κ2) is 2.61. The molecule has 0 saturated carbocycles. The fourth-order valence-corrected chi connectivity index (χ4v) is 1.04. The number of carbonyl (C=O) groups is 1. The van der Waals surface area contributed by atoms with Crippen LogP contribution in [0.15, 0.2) is 18.6 Å². The van der Waals surface area contributed by atoms with Gasteiger partial charge in [-0.1, -0.05) is 0 Å². The predicted molar refractivity (Wildman–Crippen MR) is 43.6 cm³/mol. The van der Waals surface area contributed by atoms with Gasteiger partial charge in [0.2, 0.25) is 6.41 Å². The van der Waals surface area contributed by atoms with Gasteiger partial charge in [-0.2, -0.15) is 5.10 Å². The van der Waals surface area contributed by atoms with Crippen molar-refractivity contribution in [2.45, 2.75) is 0 Å². The number of carbonyl (C=O) groups excluding carboxylic acids is 1. The van der Waals surface area contributed by atoms with E-state index in [0.717, 1.165) is 10.9 Å². The van der Waals surface area contributed by atoms with Crippen LogP contribution in [0.1, 0.15) is 0 Å². The molecular formula is C7H6N4O. The number of aromatic amines is 1. The number of rotatable bonds is 2. The van der Waals surface area contributed by atoms with Gasteiger partial charge >= 0.3 is 0 Å². The molecule has 0 atom stereocenters. The Labute approximate surface area is 67.8 Å². The van der Waals surface area contributed by atoms with Crippen molar-refractivity contribution in [3.8, 4) is 0 Å². The maximum atomic E-state index is 10.2. The molecule has 1 amide bonds. The minimum atomic E-state index is 0.608. The number of fused-ring (bicyclic) bond motifs is 1. The van der Waals surface area contributed by atoms with Gasteiger partial charge in [0.1, 0.15) is 0 Å². The maximum Gasteiger partial charge on any atom is 0.211 e. The third-order valence-electron chi connectivity index (χ3n) is 1.57. The molecule has 0 aromatic carbocycles. The summed E-state index contributed by atoms with van der Waals surface area (Å²) in [6.45, 7) is 0. The lowest BCUT2D eigenvalue weighted by Gasteiger charge is -1.97. The summed E-state index contributed by atoms with van der Waals surface area (Å²) in [4.78, 5) is 14.1. The first kappa shape index (κ1) is 6.78. The number of anilines is 1. The van der Waals surface area contributed by atoms with Crippen LogP contribution >= 0.6 is 0 Å². The summed E-state index contributed by atoms with van der Waals surface area (Å²) in [7, 11) is 0. The van der Waals surface area contributed by atoms with Gasteiger partial charge in [-0.05, 0) is 0 Å². The molecule has 0 unspecified atom stereocenters. The average Bonchev–Trinajstić information content (AvgIpc) is 2.53. The van der Waals surface area contributed by atoms with Crippen LogP contribution in [-0.4, -0.2) is 21.6 Å². The zero-order chi connectivity index (χ0) is 8.39. The highest BCUT2D eigenvalue weighted by molar-refractivity contribution is 5.92. The lowest BCUT2D eigenvalue weighted by atomic mass is 10.3. The largest absolute Gasteiger partial charge is 0.326 e. The molecule has 12 heavy (non-hydrogen) atoms. The summed E-state index contributed by atoms with van der Waals surface area (Å²) in [5.74, 6) is 0. The highest BCUT2D eigenvalue weighted by Crippen LogP contribution is 2.17. The van der Waals surface area contributed by atoms with Crippen molar-refractivity contribution < 1.29 is 4.79 Å². The molecule has 0 aliphatic heterocycles. The van der Waals surface area contributed by atoms with E-state index in [1.807, 2.05) is 0 Å². The smallest absolute Gasteiger partial charge is 0.211 e. The van der Waals surface area contributed by atoms with Crippen molar-refractivity contribution in [3.05, 3.63) is 18.6 Å². The standard InChI is InChI=1S/C7H6N4O/c12-4-9-6-3-8-1-5-2-10-11-7(5)6/h1-4H,(H,9,12)(H,10,11). The lowest BCUT2D eigenvalue weighted by molar-refractivity contribution is -0.105. The van der Waals surface area contributed by atoms with Gasteiger partial charge in [-0.3, -0.25) is 14.9 Å². The Morgan fingerprint density at radius 1 is 1.42 bits per heavy atom. The maximum absolute atomic E-state index is 10.2. The Morgan fingerprint density at radius 3 is 3.17 bits per heavy atom. The van der Waals surface area contributed by atoms with Crippen molar-refractivity contribution in [3.63, 3.8) is 0 Å². The minimum Gasteiger partial charge on any atom is -0.326 e. The molecule has 0 aliphatic carbocycles. The van der Waals surface area contributed by atoms with Crippen LogP contribution in [0.2, 0.25) is 0 Å². The summed E-state index contributed by atoms with van der Waals surface area (Å²) >= 11 is 0. The summed E-state index contributed by atoms with van der Waals surface area (Å²) in [6, 6.07) is 0. The van der Waals surface area contributed by atoms with Crippen molar-refractivity contribution in [2.24, 2.45) is 0 Å². The molecule has 5 nitrogen and oxygen atoms in total. The Bertz CT molecular complexity index is 408. The van der Waals surface area contributed by atoms with Crippen LogP contribution in [0.4, 0.5) is 5.69 Å². The van der Waals surface area contributed by atoms with Gasteiger partial charge in [0, 0.05) is 11.6 Å². The first-order chi connectivity index (χ1) is 5.92. The van der Waals surface area contributed by atoms with Crippen LogP contribution in [0, 0.1) is 0 Å². The second-order valence-electron chi connectivity index (χ2n) is 2.28. The molecule has 0 fully saturated rings. The monoisotopic (exact) mass is 162 g/mol. The van der Waals surface area contributed by atoms with Crippen molar-refractivity contribution in [2.75, 3.05) is 5.32 Å². The van der Waals surface area contributed by atoms with Gasteiger partial charge in [0.25, 0.3) is 0 Å². The quantitative estimate of drug-likeness (QED) is 0.632. The molecule has 60 valence electrons. The summed E-state index contributed by atoms with van der Waals surface area (Å²) in [5, 5.41) is 9.98. The molecule has 2 aromatic heterocycles. The number of H-pyrrole nitrogens is 1. The molecule has 2 rings (SSSR count). The predicted octanol–water partition coefficient (Wildman–Crippen LogP) is 0.526. The van der Waals surface area contributed by atoms with E-state index >= 15 is 0 Å². The van der Waals surface area contributed by atoms with Gasteiger partial charge in [-0.25, -0.2) is 0 Å². The number of nitrogens with one attached hydrogen (secondary N) is 2. The van der Waals surface area contributed by atoms with Crippen molar-refractivity contribution in [1.29, 1.82) is 0 Å². The average molecular weight is 162 g/mol. The zero-order valence-electron chi connectivity index (χ0n) is 6.11. The summed E-state index contributed by atoms with van der Waals surface area (Å²) < 4.78 is 0. The highest BCUT2D eigenvalue weighted by atomic mass is 16.1. The van der Waals surface area contributed by atoms with E-state index in [9.17, 15) is 4.79 Å². The van der Waals surface area contributed by atoms with Gasteiger partial charge in [-0.15, -0.1) is 0 Å². The highest BCUT2D eigenvalue weighted by Gasteiger charge is 2.00. The molecule has 0 saturated heterocycles. The number of hydrogen-bond acceptors (Lipinski definition) is 3. The van der Waals surface area contributed by atoms with Crippen LogP contribution in [0.5, 0.6) is 0 Å². The van der Waals surface area contributed by atoms with E-state index in [1.54, 1.807) is 18.6 Å². The Kier molecular flexibility index (Phi) is 1.48. The van der Waals surface area contributed by atoms with E-state index in [-0.39, 0.29) is 0 Å². The van der Waals surface area contributed by atoms with Crippen LogP contribution in [0.25, 0.3) is 10.9 Å². The SMILES string of the molecule is O=CNc1cncc2cn[nH]c12. The third kappa shape index (κ3) is 0.914. The van der Waals surface area contributed by atoms with E-state index in [2.05, 4.69) is 20.5 Å². The minimum absolute atomic E-state index is 0.608. The Hall–Kier alpha value is -1.91. The van der Waals surface area contributed by atoms with E-state index in [4.69, 9.17) is 0 Å². The van der Waals surface area contributed by atoms with E-state index in [0.29, 0.717) is 12.1 Å². The molecule has 5 heteroatoms. The molecule has 0 radical (unpaired) electrons. The van der Waals surface area contributed by atoms with Crippen LogP contribution in [-0.2, 0) is 4.79 Å². The number of amides is 1. The van der Waals surface area contributed by atoms with Crippen LogP contribution < -0.4 is 5.32 Å². The van der Waals surface area contributed by atoms with E-state index < -0.39 is 0 Å². The summed E-state index contributed by atoms with van der Waals surface area (Å²) in [5.41, 5.74) is 1.43. The number of aromatic nitrogens is 3. The second-order valence-corrected chi connectivity index (χ2v) is 2.28. The third-order valence-corrected chi connectivity index (χ3v) is 1.57. The molecule has 2 aromatic rings. The molecule has 2 N–H and O–H groups in total. The fourth-order valence-electron chi connectivity index (χ4n) is 1.04. The molecule has 0 aliphatic rings. The van der Waals surface area contributed by atoms with Gasteiger partial charge in [0.15, 0.2) is 0 Å². The topological polar surface area (TPSA) is 70.7 Å². The van der Waals surface area contributed by atoms with Crippen molar-refractivity contribution >= 4 is 23.0 Å². The lowest BCUT2D eigenvalue weighted by Crippen LogP contribution is -1.94. The molecule has 0 spiro atoms. The van der Waals surface area contributed by atoms with E-state index in [1.165, 1.54) is 0 Å². The first-order valence-electron chi connectivity index (χ1n) is 3.39. The summed E-state index contributed by atoms with van der Waals surface area (Å²) in [6.07, 6.45) is 5.50. The Morgan fingerprint density at radius 2 is 2.33 bits per heavy atom. The van der Waals surface area contributed by atoms with Gasteiger partial charge < -0.3 is 5.32 Å². The molecule has 2 heterocycles. The Balaban J connectivity index is 2.65. The molecule has 0 bridgehead atoms. The zero-order valence-corrected chi connectivity index (χ0v) is 6.11.